The summed E-state index contributed by atoms with van der Waals surface area (Å²) in [6, 6.07) is 5.80. The largest absolute Gasteiger partial charge is 0.465 e. The molecule has 32 heavy (non-hydrogen) atoms. The number of aryl methyl sites for hydroxylation is 2. The van der Waals surface area contributed by atoms with Crippen LogP contribution in [0.15, 0.2) is 18.2 Å². The molecule has 2 aromatic heterocycles. The molecular formula is C22H26ClN5O2S2. The maximum atomic E-state index is 11.9. The molecule has 1 N–H and O–H groups in total. The van der Waals surface area contributed by atoms with E-state index in [0.29, 0.717) is 15.0 Å². The molecule has 0 radical (unpaired) electrons. The third-order valence-electron chi connectivity index (χ3n) is 5.95. The number of anilines is 1. The summed E-state index contributed by atoms with van der Waals surface area (Å²) in [4.78, 5) is 17.0. The van der Waals surface area contributed by atoms with Crippen LogP contribution < -0.4 is 5.32 Å². The van der Waals surface area contributed by atoms with E-state index in [4.69, 9.17) is 28.6 Å². The van der Waals surface area contributed by atoms with Crippen LogP contribution in [-0.4, -0.2) is 64.0 Å². The van der Waals surface area contributed by atoms with Crippen LogP contribution in [-0.2, 0) is 18.3 Å². The molecule has 7 nitrogen and oxygen atoms in total. The molecule has 3 aromatic rings. The van der Waals surface area contributed by atoms with E-state index in [0.717, 1.165) is 54.2 Å². The van der Waals surface area contributed by atoms with E-state index in [1.54, 1.807) is 0 Å². The first-order chi connectivity index (χ1) is 15.3. The van der Waals surface area contributed by atoms with E-state index in [-0.39, 0.29) is 0 Å². The number of carbonyl (C=O) groups excluding carboxylic acids is 1. The van der Waals surface area contributed by atoms with Crippen molar-refractivity contribution >= 4 is 62.0 Å². The van der Waals surface area contributed by atoms with Gasteiger partial charge in [0.05, 0.1) is 17.8 Å². The predicted octanol–water partition coefficient (Wildman–Crippen LogP) is 4.21. The van der Waals surface area contributed by atoms with Gasteiger partial charge in [0, 0.05) is 66.8 Å². The molecule has 4 rings (SSSR count). The van der Waals surface area contributed by atoms with Crippen molar-refractivity contribution in [3.63, 3.8) is 0 Å². The number of methoxy groups -OCH3 is 1. The number of nitrogens with one attached hydrogen (secondary N) is 1. The number of benzene rings is 1. The fraction of sp³-hybridized carbons (Fsp3) is 0.409. The first kappa shape index (κ1) is 23.0. The molecule has 1 aromatic carbocycles. The van der Waals surface area contributed by atoms with E-state index in [1.807, 2.05) is 29.9 Å². The fourth-order valence-corrected chi connectivity index (χ4v) is 5.71. The minimum atomic E-state index is -0.421. The lowest BCUT2D eigenvalue weighted by atomic mass is 10.1. The number of thiocarbonyl (C=S) groups is 1. The number of hydrogen-bond acceptors (Lipinski definition) is 6. The summed E-state index contributed by atoms with van der Waals surface area (Å²) >= 11 is 13.3. The summed E-state index contributed by atoms with van der Waals surface area (Å²) in [5, 5.41) is 9.83. The van der Waals surface area contributed by atoms with Crippen molar-refractivity contribution in [2.45, 2.75) is 20.4 Å². The smallest absolute Gasteiger partial charge is 0.349 e. The van der Waals surface area contributed by atoms with Gasteiger partial charge in [-0.3, -0.25) is 9.58 Å². The second-order valence-corrected chi connectivity index (χ2v) is 9.73. The monoisotopic (exact) mass is 491 g/mol. The number of aromatic nitrogens is 2. The number of ether oxygens (including phenoxy) is 1. The van der Waals surface area contributed by atoms with Crippen molar-refractivity contribution in [2.24, 2.45) is 7.05 Å². The lowest BCUT2D eigenvalue weighted by molar-refractivity contribution is 0.0606. The highest BCUT2D eigenvalue weighted by Gasteiger charge is 2.22. The van der Waals surface area contributed by atoms with Crippen LogP contribution in [0.25, 0.3) is 10.1 Å². The Kier molecular flexibility index (Phi) is 6.71. The van der Waals surface area contributed by atoms with Gasteiger partial charge in [0.25, 0.3) is 0 Å². The molecule has 0 aliphatic carbocycles. The number of thiophene rings is 1. The molecule has 1 aliphatic rings. The summed E-state index contributed by atoms with van der Waals surface area (Å²) in [7, 11) is 3.35. The van der Waals surface area contributed by atoms with Gasteiger partial charge < -0.3 is 15.0 Å². The Morgan fingerprint density at radius 1 is 1.28 bits per heavy atom. The number of hydrogen-bond donors (Lipinski definition) is 1. The number of rotatable bonds is 4. The van der Waals surface area contributed by atoms with E-state index in [1.165, 1.54) is 29.7 Å². The Hall–Kier alpha value is -2.20. The molecule has 0 atom stereocenters. The van der Waals surface area contributed by atoms with Gasteiger partial charge in [-0.2, -0.15) is 5.10 Å². The van der Waals surface area contributed by atoms with Crippen LogP contribution in [0.2, 0.25) is 5.02 Å². The van der Waals surface area contributed by atoms with Gasteiger partial charge in [-0.1, -0.05) is 11.6 Å². The Bertz CT molecular complexity index is 1180. The summed E-state index contributed by atoms with van der Waals surface area (Å²) in [6.07, 6.45) is 0. The average Bonchev–Trinajstić information content (AvgIpc) is 3.23. The number of carbonyl (C=O) groups is 1. The summed E-state index contributed by atoms with van der Waals surface area (Å²) < 4.78 is 7.68. The van der Waals surface area contributed by atoms with Gasteiger partial charge in [-0.25, -0.2) is 4.79 Å². The minimum Gasteiger partial charge on any atom is -0.465 e. The molecule has 0 bridgehead atoms. The first-order valence-electron chi connectivity index (χ1n) is 10.4. The SMILES string of the molecule is COC(=O)c1sc2cc(NC(=S)N3CCN(Cc4c(C)nn(C)c4C)CC3)ccc2c1Cl. The average molecular weight is 492 g/mol. The normalized spacial score (nSPS) is 14.7. The molecular weight excluding hydrogens is 466 g/mol. The van der Waals surface area contributed by atoms with Gasteiger partial charge in [0.2, 0.25) is 0 Å². The van der Waals surface area contributed by atoms with E-state index in [2.05, 4.69) is 34.1 Å². The maximum Gasteiger partial charge on any atom is 0.349 e. The third-order valence-corrected chi connectivity index (χ3v) is 7.95. The molecule has 1 aliphatic heterocycles. The molecule has 1 fully saturated rings. The minimum absolute atomic E-state index is 0.416. The van der Waals surface area contributed by atoms with Crippen molar-refractivity contribution in [2.75, 3.05) is 38.6 Å². The van der Waals surface area contributed by atoms with Crippen molar-refractivity contribution in [3.8, 4) is 0 Å². The van der Waals surface area contributed by atoms with Gasteiger partial charge in [0.1, 0.15) is 4.88 Å². The Balaban J connectivity index is 1.37. The van der Waals surface area contributed by atoms with Crippen molar-refractivity contribution < 1.29 is 9.53 Å². The highest BCUT2D eigenvalue weighted by molar-refractivity contribution is 7.80. The number of fused-ring (bicyclic) bond motifs is 1. The van der Waals surface area contributed by atoms with Crippen LogP contribution in [0.1, 0.15) is 26.6 Å². The molecule has 0 saturated carbocycles. The number of piperazine rings is 1. The van der Waals surface area contributed by atoms with Crippen molar-refractivity contribution in [1.82, 2.24) is 19.6 Å². The zero-order valence-corrected chi connectivity index (χ0v) is 21.0. The van der Waals surface area contributed by atoms with Crippen molar-refractivity contribution in [1.29, 1.82) is 0 Å². The molecule has 0 unspecified atom stereocenters. The Morgan fingerprint density at radius 3 is 2.62 bits per heavy atom. The third kappa shape index (κ3) is 4.47. The van der Waals surface area contributed by atoms with Crippen LogP contribution in [0, 0.1) is 13.8 Å². The van der Waals surface area contributed by atoms with Crippen LogP contribution >= 0.6 is 35.2 Å². The summed E-state index contributed by atoms with van der Waals surface area (Å²) in [6.45, 7) is 8.72. The van der Waals surface area contributed by atoms with Crippen LogP contribution in [0.3, 0.4) is 0 Å². The van der Waals surface area contributed by atoms with Gasteiger partial charge in [-0.05, 0) is 44.3 Å². The van der Waals surface area contributed by atoms with E-state index >= 15 is 0 Å². The van der Waals surface area contributed by atoms with Gasteiger partial charge in [0.15, 0.2) is 5.11 Å². The zero-order valence-electron chi connectivity index (χ0n) is 18.6. The number of halogens is 1. The topological polar surface area (TPSA) is 62.6 Å². The van der Waals surface area contributed by atoms with Gasteiger partial charge >= 0.3 is 5.97 Å². The fourth-order valence-electron chi connectivity index (χ4n) is 3.95. The lowest BCUT2D eigenvalue weighted by Crippen LogP contribution is -2.49. The molecule has 10 heteroatoms. The second-order valence-electron chi connectivity index (χ2n) is 7.91. The van der Waals surface area contributed by atoms with E-state index in [9.17, 15) is 4.79 Å². The zero-order chi connectivity index (χ0) is 23.0. The molecule has 3 heterocycles. The predicted molar refractivity (Wildman–Crippen MR) is 134 cm³/mol. The molecule has 1 saturated heterocycles. The highest BCUT2D eigenvalue weighted by atomic mass is 35.5. The van der Waals surface area contributed by atoms with Crippen LogP contribution in [0.5, 0.6) is 0 Å². The van der Waals surface area contributed by atoms with Crippen molar-refractivity contribution in [3.05, 3.63) is 45.1 Å². The van der Waals surface area contributed by atoms with E-state index < -0.39 is 5.97 Å². The quantitative estimate of drug-likeness (QED) is 0.433. The molecule has 170 valence electrons. The van der Waals surface area contributed by atoms with Crippen LogP contribution in [0.4, 0.5) is 5.69 Å². The van der Waals surface area contributed by atoms with Gasteiger partial charge in [-0.15, -0.1) is 11.3 Å². The Labute approximate surface area is 201 Å². The number of nitrogens with zero attached hydrogens (tertiary/aromatic N) is 4. The standard InChI is InChI=1S/C22H26ClN5O2S2/c1-13-17(14(2)26(3)25-13)12-27-7-9-28(10-8-27)22(31)24-15-5-6-16-18(11-15)32-20(19(16)23)21(29)30-4/h5-6,11H,7-10,12H2,1-4H3,(H,24,31). The first-order valence-corrected chi connectivity index (χ1v) is 12.0. The molecule has 0 spiro atoms. The summed E-state index contributed by atoms with van der Waals surface area (Å²) in [5.41, 5.74) is 4.52. The Morgan fingerprint density at radius 2 is 2.00 bits per heavy atom. The summed E-state index contributed by atoms with van der Waals surface area (Å²) in [5.74, 6) is -0.421. The lowest BCUT2D eigenvalue weighted by Gasteiger charge is -2.36. The highest BCUT2D eigenvalue weighted by Crippen LogP contribution is 2.37. The maximum absolute atomic E-state index is 11.9. The molecule has 0 amide bonds. The number of esters is 1. The second kappa shape index (κ2) is 9.35.